The van der Waals surface area contributed by atoms with Crippen molar-refractivity contribution in [2.24, 2.45) is 5.41 Å². The Balaban J connectivity index is 1.33. The van der Waals surface area contributed by atoms with Gasteiger partial charge in [0.2, 0.25) is 0 Å². The first-order valence-electron chi connectivity index (χ1n) is 27.2. The predicted octanol–water partition coefficient (Wildman–Crippen LogP) is 13.8. The molecule has 9 heteroatoms. The van der Waals surface area contributed by atoms with Gasteiger partial charge in [0, 0.05) is 11.8 Å². The number of rotatable bonds is 27. The second kappa shape index (κ2) is 27.6. The molecule has 6 rings (SSSR count). The van der Waals surface area contributed by atoms with Crippen LogP contribution < -0.4 is 25.5 Å². The highest BCUT2D eigenvalue weighted by Crippen LogP contribution is 2.42. The first-order valence-corrected chi connectivity index (χ1v) is 31.0. The lowest BCUT2D eigenvalue weighted by atomic mass is 9.76. The van der Waals surface area contributed by atoms with E-state index in [4.69, 9.17) is 27.8 Å². The zero-order valence-electron chi connectivity index (χ0n) is 46.8. The maximum absolute atomic E-state index is 14.4. The van der Waals surface area contributed by atoms with Crippen LogP contribution in [0.3, 0.4) is 0 Å². The Hall–Kier alpha value is -5.40. The van der Waals surface area contributed by atoms with E-state index in [2.05, 4.69) is 194 Å². The number of methoxy groups -OCH3 is 1. The molecule has 400 valence electrons. The third-order valence-corrected chi connectivity index (χ3v) is 24.7. The number of allylic oxidation sites excluding steroid dienone is 5. The van der Waals surface area contributed by atoms with E-state index in [1.165, 1.54) is 27.2 Å². The van der Waals surface area contributed by atoms with E-state index in [-0.39, 0.29) is 22.3 Å². The SMILES string of the molecule is C/C=C/CCCCC/C=C/C(=C/OCc1ccc(OC)cc1)C1(CCC(=O)/C=C/C[C@@H](CO[Si](c2ccccc2)(c2ccccc2)C(C)(C)C)O[Si](c2ccccc2)(c2ccccc2)C(C)(C)C)COC(C)(C)OC1. The molecule has 1 atom stereocenters. The van der Waals surface area contributed by atoms with Crippen LogP contribution in [0.25, 0.3) is 0 Å². The standard InChI is InChI=1S/C66H86O7Si2/c1-11-12-13-14-15-16-17-22-32-55(50-69-49-54-43-45-57(68-10)46-44-54)66(52-70-65(8,9)71-53-66)48-47-56(67)33-31-34-58(73-75(64(5,6)7,61-39-27-20-28-40-61)62-41-29-21-30-42-62)51-72-74(63(2,3)4,59-35-23-18-24-36-59)60-37-25-19-26-38-60/h11-12,18-33,35-46,50,58H,13-17,34,47-49,51-53H2,1-10H3/b12-11+,32-22+,33-31+,55-50-/t58-/m0/s1. The largest absolute Gasteiger partial charge is 0.497 e. The molecule has 1 aliphatic heterocycles. The summed E-state index contributed by atoms with van der Waals surface area (Å²) >= 11 is 0. The van der Waals surface area contributed by atoms with E-state index >= 15 is 0 Å². The Bertz CT molecular complexity index is 2500. The third kappa shape index (κ3) is 15.6. The number of hydrogen-bond acceptors (Lipinski definition) is 7. The summed E-state index contributed by atoms with van der Waals surface area (Å²) in [6, 6.07) is 51.0. The van der Waals surface area contributed by atoms with E-state index in [0.29, 0.717) is 39.3 Å². The highest BCUT2D eigenvalue weighted by atomic mass is 28.4. The van der Waals surface area contributed by atoms with Gasteiger partial charge in [0.1, 0.15) is 12.4 Å². The molecule has 1 heterocycles. The molecule has 0 saturated carbocycles. The van der Waals surface area contributed by atoms with Crippen LogP contribution in [0.4, 0.5) is 0 Å². The van der Waals surface area contributed by atoms with Crippen LogP contribution >= 0.6 is 0 Å². The van der Waals surface area contributed by atoms with Crippen LogP contribution in [0.1, 0.15) is 119 Å². The Labute approximate surface area is 453 Å². The molecular formula is C66H86O7Si2. The lowest BCUT2D eigenvalue weighted by Crippen LogP contribution is -2.69. The number of unbranched alkanes of at least 4 members (excludes halogenated alkanes) is 4. The summed E-state index contributed by atoms with van der Waals surface area (Å²) < 4.78 is 40.3. The summed E-state index contributed by atoms with van der Waals surface area (Å²) in [5.41, 5.74) is 1.36. The van der Waals surface area contributed by atoms with Crippen LogP contribution in [0, 0.1) is 5.41 Å². The van der Waals surface area contributed by atoms with Crippen molar-refractivity contribution in [2.75, 3.05) is 26.9 Å². The number of benzene rings is 5. The van der Waals surface area contributed by atoms with Crippen molar-refractivity contribution in [3.8, 4) is 5.75 Å². The second-order valence-corrected chi connectivity index (χ2v) is 31.1. The molecule has 0 N–H and O–H groups in total. The highest BCUT2D eigenvalue weighted by molar-refractivity contribution is 7.00. The predicted molar refractivity (Wildman–Crippen MR) is 315 cm³/mol. The highest BCUT2D eigenvalue weighted by Gasteiger charge is 2.54. The number of ketones is 1. The molecule has 0 unspecified atom stereocenters. The summed E-state index contributed by atoms with van der Waals surface area (Å²) in [7, 11) is -4.38. The van der Waals surface area contributed by atoms with Crippen molar-refractivity contribution >= 4 is 43.2 Å². The van der Waals surface area contributed by atoms with Crippen LogP contribution in [-0.2, 0) is 34.5 Å². The average Bonchev–Trinajstić information content (AvgIpc) is 3.42. The fourth-order valence-electron chi connectivity index (χ4n) is 10.4. The maximum atomic E-state index is 14.4. The minimum atomic E-state index is -3.07. The molecule has 5 aromatic carbocycles. The fraction of sp³-hybridized carbons (Fsp3) is 0.409. The van der Waals surface area contributed by atoms with Gasteiger partial charge in [0.15, 0.2) is 11.6 Å². The van der Waals surface area contributed by atoms with Gasteiger partial charge in [-0.2, -0.15) is 0 Å². The van der Waals surface area contributed by atoms with Crippen molar-refractivity contribution in [1.82, 2.24) is 0 Å². The number of carbonyl (C=O) groups excluding carboxylic acids is 1. The molecule has 0 radical (unpaired) electrons. The van der Waals surface area contributed by atoms with E-state index in [1.807, 2.05) is 50.5 Å². The van der Waals surface area contributed by atoms with Gasteiger partial charge in [0.05, 0.1) is 39.3 Å². The molecule has 0 aliphatic carbocycles. The average molecular weight is 1050 g/mol. The minimum Gasteiger partial charge on any atom is -0.497 e. The Morgan fingerprint density at radius 2 is 1.13 bits per heavy atom. The van der Waals surface area contributed by atoms with Crippen LogP contribution in [-0.4, -0.2) is 61.2 Å². The Morgan fingerprint density at radius 3 is 1.61 bits per heavy atom. The number of carbonyl (C=O) groups is 1. The zero-order valence-corrected chi connectivity index (χ0v) is 48.8. The van der Waals surface area contributed by atoms with Crippen molar-refractivity contribution in [3.63, 3.8) is 0 Å². The Morgan fingerprint density at radius 1 is 0.640 bits per heavy atom. The number of ether oxygens (including phenoxy) is 4. The van der Waals surface area contributed by atoms with E-state index in [9.17, 15) is 4.79 Å². The fourth-order valence-corrected chi connectivity index (χ4v) is 19.7. The molecule has 0 bridgehead atoms. The first-order chi connectivity index (χ1) is 36.0. The van der Waals surface area contributed by atoms with Crippen molar-refractivity contribution < 1.29 is 32.6 Å². The van der Waals surface area contributed by atoms with Crippen molar-refractivity contribution in [1.29, 1.82) is 0 Å². The van der Waals surface area contributed by atoms with Crippen LogP contribution in [0.5, 0.6) is 5.75 Å². The van der Waals surface area contributed by atoms with Crippen LogP contribution in [0.2, 0.25) is 10.1 Å². The third-order valence-electron chi connectivity index (χ3n) is 14.6. The maximum Gasteiger partial charge on any atom is 0.261 e. The smallest absolute Gasteiger partial charge is 0.261 e. The Kier molecular flexibility index (Phi) is 21.7. The summed E-state index contributed by atoms with van der Waals surface area (Å²) in [5.74, 6) is 0.0711. The topological polar surface area (TPSA) is 72.5 Å². The molecule has 0 aromatic heterocycles. The van der Waals surface area contributed by atoms with E-state index in [0.717, 1.165) is 42.6 Å². The molecule has 1 aliphatic rings. The quantitative estimate of drug-likeness (QED) is 0.0130. The molecule has 7 nitrogen and oxygen atoms in total. The van der Waals surface area contributed by atoms with Gasteiger partial charge in [-0.25, -0.2) is 0 Å². The summed E-state index contributed by atoms with van der Waals surface area (Å²) in [4.78, 5) is 14.4. The van der Waals surface area contributed by atoms with E-state index < -0.39 is 33.9 Å². The minimum absolute atomic E-state index is 0.0277. The van der Waals surface area contributed by atoms with Gasteiger partial charge in [-0.05, 0) is 119 Å². The van der Waals surface area contributed by atoms with Crippen LogP contribution in [0.15, 0.2) is 194 Å². The molecule has 5 aromatic rings. The molecule has 75 heavy (non-hydrogen) atoms. The summed E-state index contributed by atoms with van der Waals surface area (Å²) in [6.07, 6.45) is 20.7. The zero-order chi connectivity index (χ0) is 53.8. The summed E-state index contributed by atoms with van der Waals surface area (Å²) in [5, 5.41) is 4.29. The molecule has 0 amide bonds. The van der Waals surface area contributed by atoms with Gasteiger partial charge < -0.3 is 27.8 Å². The van der Waals surface area contributed by atoms with Gasteiger partial charge >= 0.3 is 0 Å². The first kappa shape index (κ1) is 58.9. The lowest BCUT2D eigenvalue weighted by Gasteiger charge is -2.47. The molecule has 1 fully saturated rings. The molecule has 1 saturated heterocycles. The van der Waals surface area contributed by atoms with Crippen molar-refractivity contribution in [2.45, 2.75) is 142 Å². The van der Waals surface area contributed by atoms with Gasteiger partial charge in [-0.3, -0.25) is 4.79 Å². The molecule has 0 spiro atoms. The van der Waals surface area contributed by atoms with E-state index in [1.54, 1.807) is 13.2 Å². The second-order valence-electron chi connectivity index (χ2n) is 22.6. The lowest BCUT2D eigenvalue weighted by molar-refractivity contribution is -0.279. The summed E-state index contributed by atoms with van der Waals surface area (Å²) in [6.45, 7) is 21.3. The van der Waals surface area contributed by atoms with Crippen molar-refractivity contribution in [3.05, 3.63) is 199 Å². The van der Waals surface area contributed by atoms with Gasteiger partial charge in [-0.1, -0.05) is 212 Å². The molecular weight excluding hydrogens is 961 g/mol. The monoisotopic (exact) mass is 1050 g/mol. The van der Waals surface area contributed by atoms with Gasteiger partial charge in [0.25, 0.3) is 16.6 Å². The normalized spacial score (nSPS) is 15.9. The number of hydrogen-bond donors (Lipinski definition) is 0. The van der Waals surface area contributed by atoms with Gasteiger partial charge in [-0.15, -0.1) is 0 Å².